The Hall–Kier alpha value is -1.03. The van der Waals surface area contributed by atoms with Crippen LogP contribution in [-0.2, 0) is 0 Å². The van der Waals surface area contributed by atoms with Crippen LogP contribution in [0.15, 0.2) is 6.20 Å². The van der Waals surface area contributed by atoms with Gasteiger partial charge in [-0.15, -0.1) is 0 Å². The molecule has 100 valence electrons. The minimum Gasteiger partial charge on any atom is -0.368 e. The minimum absolute atomic E-state index is 0.581. The first kappa shape index (κ1) is 13.4. The molecule has 2 rings (SSSR count). The fraction of sp³-hybridized carbons (Fsp3) is 0.692. The SMILES string of the molecule is CNc1ncc(Cl)c(NCC2CCCC(C)C2)n1. The molecule has 0 saturated heterocycles. The largest absolute Gasteiger partial charge is 0.368 e. The third-order valence-electron chi connectivity index (χ3n) is 3.57. The quantitative estimate of drug-likeness (QED) is 0.879. The van der Waals surface area contributed by atoms with E-state index in [0.717, 1.165) is 24.2 Å². The highest BCUT2D eigenvalue weighted by atomic mass is 35.5. The molecule has 2 atom stereocenters. The smallest absolute Gasteiger partial charge is 0.224 e. The second-order valence-electron chi connectivity index (χ2n) is 5.16. The van der Waals surface area contributed by atoms with Crippen molar-refractivity contribution in [2.75, 3.05) is 24.2 Å². The zero-order valence-corrected chi connectivity index (χ0v) is 11.8. The summed E-state index contributed by atoms with van der Waals surface area (Å²) in [5, 5.41) is 6.85. The van der Waals surface area contributed by atoms with E-state index in [2.05, 4.69) is 27.5 Å². The van der Waals surface area contributed by atoms with E-state index in [0.29, 0.717) is 11.0 Å². The third-order valence-corrected chi connectivity index (χ3v) is 3.85. The molecule has 1 aromatic heterocycles. The summed E-state index contributed by atoms with van der Waals surface area (Å²) in [5.41, 5.74) is 0. The van der Waals surface area contributed by atoms with Crippen molar-refractivity contribution >= 4 is 23.4 Å². The van der Waals surface area contributed by atoms with Gasteiger partial charge in [0.25, 0.3) is 0 Å². The van der Waals surface area contributed by atoms with Crippen molar-refractivity contribution < 1.29 is 0 Å². The summed E-state index contributed by atoms with van der Waals surface area (Å²) in [5.74, 6) is 2.91. The van der Waals surface area contributed by atoms with Crippen LogP contribution in [-0.4, -0.2) is 23.6 Å². The number of nitrogens with one attached hydrogen (secondary N) is 2. The number of hydrogen-bond acceptors (Lipinski definition) is 4. The molecule has 1 fully saturated rings. The van der Waals surface area contributed by atoms with Crippen LogP contribution in [0.4, 0.5) is 11.8 Å². The zero-order valence-electron chi connectivity index (χ0n) is 11.0. The lowest BCUT2D eigenvalue weighted by Gasteiger charge is -2.27. The second-order valence-corrected chi connectivity index (χ2v) is 5.57. The fourth-order valence-electron chi connectivity index (χ4n) is 2.60. The van der Waals surface area contributed by atoms with Gasteiger partial charge in [-0.05, 0) is 24.7 Å². The highest BCUT2D eigenvalue weighted by molar-refractivity contribution is 6.32. The van der Waals surface area contributed by atoms with Gasteiger partial charge in [0.15, 0.2) is 0 Å². The maximum atomic E-state index is 6.08. The molecule has 2 unspecified atom stereocenters. The lowest BCUT2D eigenvalue weighted by Crippen LogP contribution is -2.21. The van der Waals surface area contributed by atoms with E-state index >= 15 is 0 Å². The maximum absolute atomic E-state index is 6.08. The van der Waals surface area contributed by atoms with Gasteiger partial charge in [0.2, 0.25) is 5.95 Å². The molecule has 0 spiro atoms. The monoisotopic (exact) mass is 268 g/mol. The highest BCUT2D eigenvalue weighted by Crippen LogP contribution is 2.29. The van der Waals surface area contributed by atoms with E-state index in [1.807, 2.05) is 0 Å². The van der Waals surface area contributed by atoms with Gasteiger partial charge in [-0.25, -0.2) is 4.98 Å². The Morgan fingerprint density at radius 2 is 2.28 bits per heavy atom. The average molecular weight is 269 g/mol. The van der Waals surface area contributed by atoms with Crippen LogP contribution in [0.2, 0.25) is 5.02 Å². The molecule has 1 aliphatic carbocycles. The first-order valence-electron chi connectivity index (χ1n) is 6.63. The van der Waals surface area contributed by atoms with E-state index in [1.165, 1.54) is 25.7 Å². The van der Waals surface area contributed by atoms with Crippen LogP contribution in [0, 0.1) is 11.8 Å². The second kappa shape index (κ2) is 6.23. The van der Waals surface area contributed by atoms with Crippen LogP contribution in [0.1, 0.15) is 32.6 Å². The molecule has 0 bridgehead atoms. The number of aromatic nitrogens is 2. The molecule has 1 aliphatic rings. The predicted octanol–water partition coefficient (Wildman–Crippen LogP) is 3.41. The number of nitrogens with zero attached hydrogens (tertiary/aromatic N) is 2. The van der Waals surface area contributed by atoms with Crippen LogP contribution in [0.5, 0.6) is 0 Å². The van der Waals surface area contributed by atoms with Gasteiger partial charge in [0, 0.05) is 13.6 Å². The summed E-state index contributed by atoms with van der Waals surface area (Å²) in [6, 6.07) is 0. The molecule has 5 heteroatoms. The summed E-state index contributed by atoms with van der Waals surface area (Å²) >= 11 is 6.08. The average Bonchev–Trinajstić information content (AvgIpc) is 2.38. The maximum Gasteiger partial charge on any atom is 0.224 e. The van der Waals surface area contributed by atoms with E-state index in [4.69, 9.17) is 11.6 Å². The Kier molecular flexibility index (Phi) is 4.64. The Morgan fingerprint density at radius 3 is 3.00 bits per heavy atom. The Labute approximate surface area is 114 Å². The topological polar surface area (TPSA) is 49.8 Å². The molecule has 0 aliphatic heterocycles. The summed E-state index contributed by atoms with van der Waals surface area (Å²) in [6.45, 7) is 3.28. The van der Waals surface area contributed by atoms with Gasteiger partial charge in [0.05, 0.1) is 6.20 Å². The number of hydrogen-bond donors (Lipinski definition) is 2. The van der Waals surface area contributed by atoms with E-state index in [1.54, 1.807) is 13.2 Å². The highest BCUT2D eigenvalue weighted by Gasteiger charge is 2.19. The molecule has 0 aromatic carbocycles. The summed E-state index contributed by atoms with van der Waals surface area (Å²) in [6.07, 6.45) is 6.95. The van der Waals surface area contributed by atoms with Crippen LogP contribution < -0.4 is 10.6 Å². The lowest BCUT2D eigenvalue weighted by molar-refractivity contribution is 0.293. The zero-order chi connectivity index (χ0) is 13.0. The molecule has 1 aromatic rings. The van der Waals surface area contributed by atoms with Crippen LogP contribution in [0.25, 0.3) is 0 Å². The van der Waals surface area contributed by atoms with Gasteiger partial charge >= 0.3 is 0 Å². The van der Waals surface area contributed by atoms with Crippen molar-refractivity contribution in [1.82, 2.24) is 9.97 Å². The fourth-order valence-corrected chi connectivity index (χ4v) is 2.76. The number of anilines is 2. The molecule has 2 N–H and O–H groups in total. The predicted molar refractivity (Wildman–Crippen MR) is 76.2 cm³/mol. The first-order chi connectivity index (χ1) is 8.69. The van der Waals surface area contributed by atoms with Crippen molar-refractivity contribution in [2.45, 2.75) is 32.6 Å². The van der Waals surface area contributed by atoms with Crippen molar-refractivity contribution in [3.63, 3.8) is 0 Å². The summed E-state index contributed by atoms with van der Waals surface area (Å²) in [4.78, 5) is 8.40. The van der Waals surface area contributed by atoms with Crippen LogP contribution in [0.3, 0.4) is 0 Å². The summed E-state index contributed by atoms with van der Waals surface area (Å²) in [7, 11) is 1.80. The van der Waals surface area contributed by atoms with Crippen molar-refractivity contribution in [3.8, 4) is 0 Å². The first-order valence-corrected chi connectivity index (χ1v) is 7.01. The van der Waals surface area contributed by atoms with Crippen LogP contribution >= 0.6 is 11.6 Å². The van der Waals surface area contributed by atoms with Gasteiger partial charge < -0.3 is 10.6 Å². The van der Waals surface area contributed by atoms with E-state index in [-0.39, 0.29) is 0 Å². The molecule has 4 nitrogen and oxygen atoms in total. The van der Waals surface area contributed by atoms with E-state index in [9.17, 15) is 0 Å². The molecule has 1 heterocycles. The Balaban J connectivity index is 1.92. The van der Waals surface area contributed by atoms with E-state index < -0.39 is 0 Å². The molecule has 0 radical (unpaired) electrons. The van der Waals surface area contributed by atoms with Gasteiger partial charge in [-0.3, -0.25) is 0 Å². The van der Waals surface area contributed by atoms with Crippen molar-refractivity contribution in [3.05, 3.63) is 11.2 Å². The molecule has 1 saturated carbocycles. The van der Waals surface area contributed by atoms with Gasteiger partial charge in [-0.2, -0.15) is 4.98 Å². The third kappa shape index (κ3) is 3.48. The number of halogens is 1. The summed E-state index contributed by atoms with van der Waals surface area (Å²) < 4.78 is 0. The Morgan fingerprint density at radius 1 is 1.44 bits per heavy atom. The van der Waals surface area contributed by atoms with Crippen molar-refractivity contribution in [2.24, 2.45) is 11.8 Å². The normalized spacial score (nSPS) is 23.7. The Bertz CT molecular complexity index is 397. The van der Waals surface area contributed by atoms with Crippen molar-refractivity contribution in [1.29, 1.82) is 0 Å². The molecular weight excluding hydrogens is 248 g/mol. The standard InChI is InChI=1S/C13H21ClN4/c1-9-4-3-5-10(6-9)7-16-12-11(14)8-17-13(15-2)18-12/h8-10H,3-7H2,1-2H3,(H2,15,16,17,18). The van der Waals surface area contributed by atoms with Gasteiger partial charge in [-0.1, -0.05) is 31.4 Å². The minimum atomic E-state index is 0.581. The lowest BCUT2D eigenvalue weighted by atomic mass is 9.82. The van der Waals surface area contributed by atoms with Gasteiger partial charge in [0.1, 0.15) is 10.8 Å². The molecule has 18 heavy (non-hydrogen) atoms. The molecular formula is C13H21ClN4. The molecule has 0 amide bonds. The number of rotatable bonds is 4.